The number of ether oxygens (including phenoxy) is 1. The van der Waals surface area contributed by atoms with E-state index in [4.69, 9.17) is 16.3 Å². The summed E-state index contributed by atoms with van der Waals surface area (Å²) in [6.45, 7) is 5.86. The molecular weight excluding hydrogens is 493 g/mol. The van der Waals surface area contributed by atoms with Crippen LogP contribution in [0.4, 0.5) is 0 Å². The van der Waals surface area contributed by atoms with Crippen LogP contribution < -0.4 is 5.32 Å². The Kier molecular flexibility index (Phi) is 11.7. The van der Waals surface area contributed by atoms with Gasteiger partial charge in [0.05, 0.1) is 6.61 Å². The highest BCUT2D eigenvalue weighted by atomic mass is 127. The second-order valence-electron chi connectivity index (χ2n) is 6.74. The molecular formula is C19H31ClIN5O2. The SMILES string of the molecule is COCCNC(=NCC(=O)N(C)C)N1CCN(Cc2cccc(Cl)c2)CC1.I. The van der Waals surface area contributed by atoms with Gasteiger partial charge in [-0.3, -0.25) is 9.69 Å². The van der Waals surface area contributed by atoms with E-state index in [1.165, 1.54) is 5.56 Å². The van der Waals surface area contributed by atoms with Crippen molar-refractivity contribution in [2.24, 2.45) is 4.99 Å². The summed E-state index contributed by atoms with van der Waals surface area (Å²) in [7, 11) is 5.15. The molecule has 1 aromatic carbocycles. The third-order valence-electron chi connectivity index (χ3n) is 4.42. The number of likely N-dealkylation sites (N-methyl/N-ethyl adjacent to an activating group) is 1. The zero-order valence-corrected chi connectivity index (χ0v) is 19.9. The fourth-order valence-corrected chi connectivity index (χ4v) is 3.04. The van der Waals surface area contributed by atoms with Gasteiger partial charge in [-0.2, -0.15) is 0 Å². The Morgan fingerprint density at radius 2 is 2.00 bits per heavy atom. The highest BCUT2D eigenvalue weighted by Crippen LogP contribution is 2.14. The molecule has 1 aliphatic heterocycles. The average molecular weight is 524 g/mol. The number of hydrogen-bond acceptors (Lipinski definition) is 4. The number of methoxy groups -OCH3 is 1. The molecule has 1 amide bonds. The number of piperazine rings is 1. The summed E-state index contributed by atoms with van der Waals surface area (Å²) in [5.41, 5.74) is 1.22. The van der Waals surface area contributed by atoms with Gasteiger partial charge in [-0.1, -0.05) is 23.7 Å². The Labute approximate surface area is 190 Å². The first-order valence-corrected chi connectivity index (χ1v) is 9.56. The molecule has 0 spiro atoms. The van der Waals surface area contributed by atoms with Crippen molar-refractivity contribution in [3.63, 3.8) is 0 Å². The van der Waals surface area contributed by atoms with Crippen LogP contribution in [0, 0.1) is 0 Å². The Balaban J connectivity index is 0.00000392. The van der Waals surface area contributed by atoms with Crippen LogP contribution >= 0.6 is 35.6 Å². The number of halogens is 2. The molecule has 7 nitrogen and oxygen atoms in total. The van der Waals surface area contributed by atoms with Crippen molar-refractivity contribution in [1.82, 2.24) is 20.0 Å². The number of guanidine groups is 1. The standard InChI is InChI=1S/C19H30ClN5O2.HI/c1-23(2)18(26)14-22-19(21-7-12-27-3)25-10-8-24(9-11-25)15-16-5-4-6-17(20)13-16;/h4-6,13H,7-12,14-15H2,1-3H3,(H,21,22);1H. The fraction of sp³-hybridized carbons (Fsp3) is 0.579. The number of rotatable bonds is 7. The minimum atomic E-state index is -0.0133. The largest absolute Gasteiger partial charge is 0.383 e. The van der Waals surface area contributed by atoms with E-state index in [1.54, 1.807) is 26.1 Å². The molecule has 158 valence electrons. The number of benzene rings is 1. The lowest BCUT2D eigenvalue weighted by Gasteiger charge is -2.36. The summed E-state index contributed by atoms with van der Waals surface area (Å²) in [4.78, 5) is 22.5. The van der Waals surface area contributed by atoms with Gasteiger partial charge in [0.2, 0.25) is 5.91 Å². The summed E-state index contributed by atoms with van der Waals surface area (Å²) < 4.78 is 5.11. The normalized spacial score (nSPS) is 15.1. The molecule has 0 atom stereocenters. The number of carbonyl (C=O) groups is 1. The molecule has 0 aromatic heterocycles. The molecule has 0 radical (unpaired) electrons. The predicted octanol–water partition coefficient (Wildman–Crippen LogP) is 1.76. The van der Waals surface area contributed by atoms with Gasteiger partial charge in [0.25, 0.3) is 0 Å². The lowest BCUT2D eigenvalue weighted by Crippen LogP contribution is -2.52. The molecule has 1 aromatic rings. The summed E-state index contributed by atoms with van der Waals surface area (Å²) >= 11 is 6.08. The van der Waals surface area contributed by atoms with E-state index >= 15 is 0 Å². The number of carbonyl (C=O) groups excluding carboxylic acids is 1. The average Bonchev–Trinajstić information content (AvgIpc) is 2.65. The van der Waals surface area contributed by atoms with E-state index in [1.807, 2.05) is 18.2 Å². The maximum atomic E-state index is 11.9. The molecule has 1 N–H and O–H groups in total. The zero-order valence-electron chi connectivity index (χ0n) is 16.9. The number of aliphatic imine (C=N–C) groups is 1. The van der Waals surface area contributed by atoms with Crippen molar-refractivity contribution in [2.45, 2.75) is 6.54 Å². The number of hydrogen-bond donors (Lipinski definition) is 1. The molecule has 9 heteroatoms. The van der Waals surface area contributed by atoms with Crippen molar-refractivity contribution in [3.8, 4) is 0 Å². The maximum Gasteiger partial charge on any atom is 0.243 e. The van der Waals surface area contributed by atoms with Crippen LogP contribution in [0.15, 0.2) is 29.3 Å². The second kappa shape index (κ2) is 13.2. The summed E-state index contributed by atoms with van der Waals surface area (Å²) in [5.74, 6) is 0.755. The molecule has 0 aliphatic carbocycles. The first-order chi connectivity index (χ1) is 13.0. The van der Waals surface area contributed by atoms with E-state index in [0.717, 1.165) is 43.7 Å². The molecule has 28 heavy (non-hydrogen) atoms. The quantitative estimate of drug-likeness (QED) is 0.255. The molecule has 0 saturated carbocycles. The van der Waals surface area contributed by atoms with Gasteiger partial charge in [0.1, 0.15) is 6.54 Å². The minimum absolute atomic E-state index is 0. The van der Waals surface area contributed by atoms with Gasteiger partial charge in [-0.15, -0.1) is 24.0 Å². The van der Waals surface area contributed by atoms with Gasteiger partial charge in [-0.05, 0) is 17.7 Å². The predicted molar refractivity (Wildman–Crippen MR) is 125 cm³/mol. The fourth-order valence-electron chi connectivity index (χ4n) is 2.83. The zero-order chi connectivity index (χ0) is 19.6. The Bertz CT molecular complexity index is 637. The van der Waals surface area contributed by atoms with Gasteiger partial charge < -0.3 is 19.9 Å². The molecule has 2 rings (SSSR count). The number of nitrogens with zero attached hydrogens (tertiary/aromatic N) is 4. The first-order valence-electron chi connectivity index (χ1n) is 9.18. The van der Waals surface area contributed by atoms with Crippen LogP contribution in [-0.4, -0.2) is 93.6 Å². The van der Waals surface area contributed by atoms with E-state index < -0.39 is 0 Å². The second-order valence-corrected chi connectivity index (χ2v) is 7.18. The van der Waals surface area contributed by atoms with Crippen LogP contribution in [0.1, 0.15) is 5.56 Å². The molecule has 0 bridgehead atoms. The third-order valence-corrected chi connectivity index (χ3v) is 4.65. The van der Waals surface area contributed by atoms with Gasteiger partial charge in [-0.25, -0.2) is 4.99 Å². The van der Waals surface area contributed by atoms with Crippen LogP contribution in [0.5, 0.6) is 0 Å². The Morgan fingerprint density at radius 3 is 2.61 bits per heavy atom. The first kappa shape index (κ1) is 24.9. The van der Waals surface area contributed by atoms with Crippen LogP contribution in [0.3, 0.4) is 0 Å². The van der Waals surface area contributed by atoms with Gasteiger partial charge in [0, 0.05) is 65.5 Å². The summed E-state index contributed by atoms with van der Waals surface area (Å²) in [6.07, 6.45) is 0. The molecule has 1 heterocycles. The van der Waals surface area contributed by atoms with Crippen molar-refractivity contribution in [2.75, 3.05) is 67.1 Å². The van der Waals surface area contributed by atoms with Crippen molar-refractivity contribution in [1.29, 1.82) is 0 Å². The number of nitrogens with one attached hydrogen (secondary N) is 1. The van der Waals surface area contributed by atoms with E-state index in [0.29, 0.717) is 13.2 Å². The van der Waals surface area contributed by atoms with Crippen LogP contribution in [0.25, 0.3) is 0 Å². The molecule has 1 saturated heterocycles. The lowest BCUT2D eigenvalue weighted by molar-refractivity contribution is -0.127. The van der Waals surface area contributed by atoms with Crippen molar-refractivity contribution in [3.05, 3.63) is 34.9 Å². The highest BCUT2D eigenvalue weighted by Gasteiger charge is 2.20. The van der Waals surface area contributed by atoms with E-state index in [2.05, 4.69) is 26.2 Å². The molecule has 0 unspecified atom stereocenters. The summed E-state index contributed by atoms with van der Waals surface area (Å²) in [6, 6.07) is 8.00. The lowest BCUT2D eigenvalue weighted by atomic mass is 10.2. The Hall–Kier alpha value is -1.10. The van der Waals surface area contributed by atoms with Crippen molar-refractivity contribution >= 4 is 47.4 Å². The number of amides is 1. The van der Waals surface area contributed by atoms with Crippen LogP contribution in [0.2, 0.25) is 5.02 Å². The molecule has 1 aliphatic rings. The topological polar surface area (TPSA) is 60.4 Å². The smallest absolute Gasteiger partial charge is 0.243 e. The van der Waals surface area contributed by atoms with E-state index in [9.17, 15) is 4.79 Å². The van der Waals surface area contributed by atoms with E-state index in [-0.39, 0.29) is 36.4 Å². The monoisotopic (exact) mass is 523 g/mol. The minimum Gasteiger partial charge on any atom is -0.383 e. The van der Waals surface area contributed by atoms with Crippen molar-refractivity contribution < 1.29 is 9.53 Å². The summed E-state index contributed by atoms with van der Waals surface area (Å²) in [5, 5.41) is 4.07. The van der Waals surface area contributed by atoms with Crippen LogP contribution in [-0.2, 0) is 16.1 Å². The van der Waals surface area contributed by atoms with Gasteiger partial charge >= 0.3 is 0 Å². The molecule has 1 fully saturated rings. The highest BCUT2D eigenvalue weighted by molar-refractivity contribution is 14.0. The maximum absolute atomic E-state index is 11.9. The Morgan fingerprint density at radius 1 is 1.29 bits per heavy atom. The third kappa shape index (κ3) is 8.50. The van der Waals surface area contributed by atoms with Gasteiger partial charge in [0.15, 0.2) is 5.96 Å².